The summed E-state index contributed by atoms with van der Waals surface area (Å²) in [6.45, 7) is 0.0293. The van der Waals surface area contributed by atoms with Crippen LogP contribution in [-0.2, 0) is 6.42 Å². The van der Waals surface area contributed by atoms with E-state index in [-0.39, 0.29) is 24.5 Å². The molecule has 4 N–H and O–H groups in total. The van der Waals surface area contributed by atoms with Crippen LogP contribution in [0.4, 0.5) is 0 Å². The molecule has 0 spiro atoms. The van der Waals surface area contributed by atoms with Gasteiger partial charge in [0.2, 0.25) is 0 Å². The van der Waals surface area contributed by atoms with Gasteiger partial charge in [0.15, 0.2) is 0 Å². The van der Waals surface area contributed by atoms with Gasteiger partial charge in [0.1, 0.15) is 0 Å². The molecule has 0 saturated heterocycles. The molecule has 0 heterocycles. The van der Waals surface area contributed by atoms with Crippen LogP contribution in [-0.4, -0.2) is 45.3 Å². The quantitative estimate of drug-likeness (QED) is 0.587. The third kappa shape index (κ3) is 4.78. The van der Waals surface area contributed by atoms with Crippen LogP contribution in [0.3, 0.4) is 0 Å². The highest BCUT2D eigenvalue weighted by Crippen LogP contribution is 2.38. The topological polar surface area (TPSA) is 80.9 Å². The molecule has 1 aromatic carbocycles. The van der Waals surface area contributed by atoms with Gasteiger partial charge in [-0.05, 0) is 55.9 Å². The number of aliphatic hydroxyl groups is 4. The SMILES string of the molecule is OCC[C@@H]1[C@@H](CC[C@@H](O)CCc2ccccc2)[C@H](O)C[C@@H]1O. The molecule has 1 fully saturated rings. The molecule has 0 unspecified atom stereocenters. The molecule has 22 heavy (non-hydrogen) atoms. The van der Waals surface area contributed by atoms with E-state index in [1.807, 2.05) is 18.2 Å². The second-order valence-corrected chi connectivity index (χ2v) is 6.47. The van der Waals surface area contributed by atoms with E-state index in [9.17, 15) is 15.3 Å². The van der Waals surface area contributed by atoms with E-state index < -0.39 is 12.2 Å². The minimum absolute atomic E-state index is 0.0199. The third-order valence-corrected chi connectivity index (χ3v) is 4.93. The van der Waals surface area contributed by atoms with E-state index in [0.717, 1.165) is 6.42 Å². The van der Waals surface area contributed by atoms with Crippen molar-refractivity contribution in [1.29, 1.82) is 0 Å². The molecule has 2 rings (SSSR count). The van der Waals surface area contributed by atoms with Crippen LogP contribution < -0.4 is 0 Å². The van der Waals surface area contributed by atoms with Crippen molar-refractivity contribution in [2.24, 2.45) is 11.8 Å². The molecular weight excluding hydrogens is 280 g/mol. The molecule has 124 valence electrons. The number of hydrogen-bond acceptors (Lipinski definition) is 4. The summed E-state index contributed by atoms with van der Waals surface area (Å²) < 4.78 is 0. The van der Waals surface area contributed by atoms with Crippen molar-refractivity contribution in [2.45, 2.75) is 56.8 Å². The number of aliphatic hydroxyl groups excluding tert-OH is 4. The summed E-state index contributed by atoms with van der Waals surface area (Å²) in [6.07, 6.45) is 2.33. The lowest BCUT2D eigenvalue weighted by molar-refractivity contribution is 0.0730. The van der Waals surface area contributed by atoms with Crippen LogP contribution in [0.15, 0.2) is 30.3 Å². The molecule has 0 amide bonds. The lowest BCUT2D eigenvalue weighted by Gasteiger charge is -2.24. The minimum atomic E-state index is -0.534. The Morgan fingerprint density at radius 2 is 1.59 bits per heavy atom. The van der Waals surface area contributed by atoms with Gasteiger partial charge in [-0.2, -0.15) is 0 Å². The molecule has 5 atom stereocenters. The zero-order chi connectivity index (χ0) is 15.9. The molecule has 4 heteroatoms. The summed E-state index contributed by atoms with van der Waals surface area (Å²) in [6, 6.07) is 10.1. The first-order chi connectivity index (χ1) is 10.6. The van der Waals surface area contributed by atoms with Crippen molar-refractivity contribution >= 4 is 0 Å². The van der Waals surface area contributed by atoms with Crippen molar-refractivity contribution in [3.05, 3.63) is 35.9 Å². The van der Waals surface area contributed by atoms with Gasteiger partial charge in [-0.3, -0.25) is 0 Å². The maximum absolute atomic E-state index is 10.1. The summed E-state index contributed by atoms with van der Waals surface area (Å²) in [5, 5.41) is 39.2. The largest absolute Gasteiger partial charge is 0.396 e. The fourth-order valence-electron chi connectivity index (χ4n) is 3.64. The van der Waals surface area contributed by atoms with Gasteiger partial charge in [0.05, 0.1) is 18.3 Å². The van der Waals surface area contributed by atoms with Crippen molar-refractivity contribution in [3.8, 4) is 0 Å². The molecule has 0 aromatic heterocycles. The number of rotatable bonds is 8. The van der Waals surface area contributed by atoms with Gasteiger partial charge < -0.3 is 20.4 Å². The first kappa shape index (κ1) is 17.4. The van der Waals surface area contributed by atoms with Crippen molar-refractivity contribution in [2.75, 3.05) is 6.61 Å². The van der Waals surface area contributed by atoms with E-state index in [1.54, 1.807) is 0 Å². The Labute approximate surface area is 132 Å². The fourth-order valence-corrected chi connectivity index (χ4v) is 3.64. The Morgan fingerprint density at radius 3 is 2.23 bits per heavy atom. The van der Waals surface area contributed by atoms with Crippen LogP contribution in [0.1, 0.15) is 37.7 Å². The van der Waals surface area contributed by atoms with Crippen molar-refractivity contribution < 1.29 is 20.4 Å². The molecule has 0 bridgehead atoms. The molecule has 1 aliphatic rings. The maximum atomic E-state index is 10.1. The fraction of sp³-hybridized carbons (Fsp3) is 0.667. The molecule has 0 aliphatic heterocycles. The Kier molecular flexibility index (Phi) is 6.83. The predicted molar refractivity (Wildman–Crippen MR) is 85.3 cm³/mol. The van der Waals surface area contributed by atoms with Gasteiger partial charge in [0, 0.05) is 6.61 Å². The minimum Gasteiger partial charge on any atom is -0.396 e. The molecular formula is C18H28O4. The van der Waals surface area contributed by atoms with E-state index in [2.05, 4.69) is 12.1 Å². The summed E-state index contributed by atoms with van der Waals surface area (Å²) >= 11 is 0. The highest BCUT2D eigenvalue weighted by atomic mass is 16.3. The third-order valence-electron chi connectivity index (χ3n) is 4.93. The lowest BCUT2D eigenvalue weighted by Crippen LogP contribution is -2.24. The summed E-state index contributed by atoms with van der Waals surface area (Å²) in [4.78, 5) is 0. The van der Waals surface area contributed by atoms with Crippen LogP contribution >= 0.6 is 0 Å². The standard InChI is InChI=1S/C18H28O4/c19-11-10-16-15(17(21)12-18(16)22)9-8-14(20)7-6-13-4-2-1-3-5-13/h1-5,14-22H,6-12H2/t14-,15+,16+,17+,18-/m0/s1. The van der Waals surface area contributed by atoms with Gasteiger partial charge in [-0.15, -0.1) is 0 Å². The number of benzene rings is 1. The summed E-state index contributed by atoms with van der Waals surface area (Å²) in [7, 11) is 0. The summed E-state index contributed by atoms with van der Waals surface area (Å²) in [5.74, 6) is -0.0742. The average molecular weight is 308 g/mol. The van der Waals surface area contributed by atoms with Crippen LogP contribution in [0.25, 0.3) is 0 Å². The van der Waals surface area contributed by atoms with Crippen LogP contribution in [0, 0.1) is 11.8 Å². The predicted octanol–water partition coefficient (Wildman–Crippen LogP) is 1.50. The first-order valence-electron chi connectivity index (χ1n) is 8.30. The Hall–Kier alpha value is -0.940. The normalized spacial score (nSPS) is 29.6. The van der Waals surface area contributed by atoms with Crippen molar-refractivity contribution in [1.82, 2.24) is 0 Å². The molecule has 4 nitrogen and oxygen atoms in total. The zero-order valence-corrected chi connectivity index (χ0v) is 13.0. The van der Waals surface area contributed by atoms with Gasteiger partial charge in [-0.25, -0.2) is 0 Å². The smallest absolute Gasteiger partial charge is 0.0597 e. The molecule has 1 aliphatic carbocycles. The molecule has 1 aromatic rings. The Morgan fingerprint density at radius 1 is 0.955 bits per heavy atom. The highest BCUT2D eigenvalue weighted by molar-refractivity contribution is 5.14. The maximum Gasteiger partial charge on any atom is 0.0597 e. The summed E-state index contributed by atoms with van der Waals surface area (Å²) in [5.41, 5.74) is 1.22. The molecule has 1 saturated carbocycles. The monoisotopic (exact) mass is 308 g/mol. The highest BCUT2D eigenvalue weighted by Gasteiger charge is 2.40. The van der Waals surface area contributed by atoms with Gasteiger partial charge in [0.25, 0.3) is 0 Å². The van der Waals surface area contributed by atoms with Crippen LogP contribution in [0.2, 0.25) is 0 Å². The van der Waals surface area contributed by atoms with E-state index in [1.165, 1.54) is 5.56 Å². The van der Waals surface area contributed by atoms with Gasteiger partial charge >= 0.3 is 0 Å². The van der Waals surface area contributed by atoms with E-state index in [0.29, 0.717) is 32.1 Å². The van der Waals surface area contributed by atoms with E-state index >= 15 is 0 Å². The second-order valence-electron chi connectivity index (χ2n) is 6.47. The average Bonchev–Trinajstić information content (AvgIpc) is 2.78. The van der Waals surface area contributed by atoms with Crippen molar-refractivity contribution in [3.63, 3.8) is 0 Å². The second kappa shape index (κ2) is 8.63. The first-order valence-corrected chi connectivity index (χ1v) is 8.30. The van der Waals surface area contributed by atoms with Gasteiger partial charge in [-0.1, -0.05) is 30.3 Å². The number of aryl methyl sites for hydroxylation is 1. The van der Waals surface area contributed by atoms with E-state index in [4.69, 9.17) is 5.11 Å². The Balaban J connectivity index is 1.76. The lowest BCUT2D eigenvalue weighted by atomic mass is 9.86. The van der Waals surface area contributed by atoms with Crippen LogP contribution in [0.5, 0.6) is 0 Å². The number of hydrogen-bond donors (Lipinski definition) is 4. The zero-order valence-electron chi connectivity index (χ0n) is 13.0. The molecule has 0 radical (unpaired) electrons. The Bertz CT molecular complexity index is 422.